The Labute approximate surface area is 182 Å². The molecule has 0 saturated carbocycles. The van der Waals surface area contributed by atoms with Crippen LogP contribution in [0, 0.1) is 0 Å². The summed E-state index contributed by atoms with van der Waals surface area (Å²) < 4.78 is 5.10. The van der Waals surface area contributed by atoms with Crippen molar-refractivity contribution in [2.24, 2.45) is 0 Å². The van der Waals surface area contributed by atoms with Crippen molar-refractivity contribution in [1.29, 1.82) is 0 Å². The Morgan fingerprint density at radius 3 is 1.47 bits per heavy atom. The molecule has 0 saturated heterocycles. The Bertz CT molecular complexity index is 1100. The highest BCUT2D eigenvalue weighted by Gasteiger charge is 2.48. The molecule has 0 unspecified atom stereocenters. The minimum Gasteiger partial charge on any atom is -0.123 e. The lowest BCUT2D eigenvalue weighted by molar-refractivity contribution is -0.884. The third kappa shape index (κ3) is 3.19. The minimum absolute atomic E-state index is 0. The van der Waals surface area contributed by atoms with E-state index in [2.05, 4.69) is 90.6 Å². The van der Waals surface area contributed by atoms with E-state index < -0.39 is 0 Å². The summed E-state index contributed by atoms with van der Waals surface area (Å²) >= 11 is 0. The van der Waals surface area contributed by atoms with Crippen molar-refractivity contribution < 1.29 is 9.13 Å². The van der Waals surface area contributed by atoms with Crippen molar-refractivity contribution in [3.8, 4) is 11.4 Å². The summed E-state index contributed by atoms with van der Waals surface area (Å²) in [5.41, 5.74) is 8.54. The van der Waals surface area contributed by atoms with Gasteiger partial charge in [-0.1, -0.05) is 66.8 Å². The van der Waals surface area contributed by atoms with E-state index in [-0.39, 0.29) is 22.3 Å². The highest BCUT2D eigenvalue weighted by Crippen LogP contribution is 2.36. The number of para-hydroxylation sites is 2. The average molecular weight is 403 g/mol. The third-order valence-electron chi connectivity index (χ3n) is 5.78. The molecule has 2 nitrogen and oxygen atoms in total. The van der Waals surface area contributed by atoms with Crippen LogP contribution in [0.15, 0.2) is 60.7 Å². The fourth-order valence-corrected chi connectivity index (χ4v) is 4.79. The molecular weight excluding hydrogens is 364 g/mol. The quantitative estimate of drug-likeness (QED) is 0.279. The van der Waals surface area contributed by atoms with Crippen LogP contribution in [0.2, 0.25) is 0 Å². The van der Waals surface area contributed by atoms with E-state index in [1.807, 2.05) is 0 Å². The lowest BCUT2D eigenvalue weighted by Gasteiger charge is -2.11. The van der Waals surface area contributed by atoms with Gasteiger partial charge in [-0.3, -0.25) is 0 Å². The van der Waals surface area contributed by atoms with E-state index in [9.17, 15) is 0 Å². The molecule has 1 aliphatic carbocycles. The van der Waals surface area contributed by atoms with Gasteiger partial charge in [-0.05, 0) is 37.1 Å². The van der Waals surface area contributed by atoms with Gasteiger partial charge >= 0.3 is 6.17 Å². The number of fused-ring (bicyclic) bond motifs is 4. The van der Waals surface area contributed by atoms with Gasteiger partial charge < -0.3 is 0 Å². The van der Waals surface area contributed by atoms with Crippen molar-refractivity contribution in [2.75, 3.05) is 0 Å². The first-order valence-electron chi connectivity index (χ1n) is 10.2. The first-order valence-corrected chi connectivity index (χ1v) is 10.2. The summed E-state index contributed by atoms with van der Waals surface area (Å²) in [4.78, 5) is 0. The molecule has 0 N–H and O–H groups in total. The number of hydrogen-bond donors (Lipinski definition) is 0. The summed E-state index contributed by atoms with van der Waals surface area (Å²) in [5.74, 6) is 0. The Morgan fingerprint density at radius 1 is 0.700 bits per heavy atom. The number of hydrogen-bond acceptors (Lipinski definition) is 0. The van der Waals surface area contributed by atoms with E-state index in [0.29, 0.717) is 6.17 Å². The van der Waals surface area contributed by atoms with E-state index >= 15 is 0 Å². The smallest absolute Gasteiger partial charge is 0.123 e. The summed E-state index contributed by atoms with van der Waals surface area (Å²) in [5, 5.41) is 2.70. The fraction of sp³-hybridized carbons (Fsp3) is 0.357. The fourth-order valence-electron chi connectivity index (χ4n) is 4.79. The second kappa shape index (κ2) is 8.95. The molecule has 1 aliphatic heterocycles. The molecule has 0 radical (unpaired) electrons. The minimum atomic E-state index is 0. The second-order valence-corrected chi connectivity index (χ2v) is 7.73. The van der Waals surface area contributed by atoms with Crippen LogP contribution in [0.1, 0.15) is 66.8 Å². The largest absolute Gasteiger partial charge is 0.351 e. The van der Waals surface area contributed by atoms with Gasteiger partial charge in [0.2, 0.25) is 11.0 Å². The van der Waals surface area contributed by atoms with Crippen LogP contribution >= 0.6 is 0 Å². The number of benzene rings is 2. The molecule has 30 heavy (non-hydrogen) atoms. The monoisotopic (exact) mass is 402 g/mol. The van der Waals surface area contributed by atoms with Crippen molar-refractivity contribution in [2.45, 2.75) is 68.5 Å². The van der Waals surface area contributed by atoms with Crippen molar-refractivity contribution >= 4 is 21.8 Å². The normalized spacial score (nSPS) is 12.8. The van der Waals surface area contributed by atoms with Crippen LogP contribution in [0.5, 0.6) is 0 Å². The molecule has 0 amide bonds. The molecule has 0 fully saturated rings. The topological polar surface area (TPSA) is 7.76 Å². The average Bonchev–Trinajstić information content (AvgIpc) is 3.01. The van der Waals surface area contributed by atoms with Gasteiger partial charge in [0.05, 0.1) is 6.92 Å². The van der Waals surface area contributed by atoms with Gasteiger partial charge in [-0.2, -0.15) is 0 Å². The molecule has 6 rings (SSSR count). The van der Waals surface area contributed by atoms with Gasteiger partial charge in [0, 0.05) is 34.0 Å². The van der Waals surface area contributed by atoms with Crippen LogP contribution < -0.4 is 9.13 Å². The third-order valence-corrected chi connectivity index (χ3v) is 5.78. The number of aryl methyl sites for hydroxylation is 2. The van der Waals surface area contributed by atoms with Gasteiger partial charge in [0.15, 0.2) is 0 Å². The van der Waals surface area contributed by atoms with E-state index in [1.165, 1.54) is 50.7 Å². The van der Waals surface area contributed by atoms with Crippen LogP contribution in [0.4, 0.5) is 0 Å². The van der Waals surface area contributed by atoms with E-state index in [0.717, 1.165) is 12.8 Å². The molecule has 0 atom stereocenters. The van der Waals surface area contributed by atoms with Crippen molar-refractivity contribution in [1.82, 2.24) is 0 Å². The Morgan fingerprint density at radius 2 is 1.07 bits per heavy atom. The number of rotatable bonds is 0. The molecule has 3 heterocycles. The molecule has 2 heteroatoms. The predicted octanol–water partition coefficient (Wildman–Crippen LogP) is 7.04. The zero-order chi connectivity index (χ0) is 18.5. The number of pyridine rings is 2. The molecule has 0 spiro atoms. The molecule has 2 aromatic heterocycles. The van der Waals surface area contributed by atoms with Crippen molar-refractivity contribution in [3.05, 3.63) is 71.8 Å². The molecular formula is C28H38N2+2. The van der Waals surface area contributed by atoms with Gasteiger partial charge in [-0.15, -0.1) is 9.13 Å². The van der Waals surface area contributed by atoms with E-state index in [4.69, 9.17) is 0 Å². The Kier molecular flexibility index (Phi) is 7.02. The molecule has 0 bridgehead atoms. The highest BCUT2D eigenvalue weighted by atomic mass is 15.3. The maximum atomic E-state index is 2.55. The van der Waals surface area contributed by atoms with Crippen LogP contribution in [-0.4, -0.2) is 0 Å². The van der Waals surface area contributed by atoms with Gasteiger partial charge in [-0.25, -0.2) is 0 Å². The number of aromatic nitrogens is 2. The first-order chi connectivity index (χ1) is 13.2. The van der Waals surface area contributed by atoms with E-state index in [1.54, 1.807) is 0 Å². The zero-order valence-corrected chi connectivity index (χ0v) is 16.4. The molecule has 2 aliphatic rings. The second-order valence-electron chi connectivity index (χ2n) is 7.73. The van der Waals surface area contributed by atoms with Gasteiger partial charge in [0.25, 0.3) is 11.4 Å². The van der Waals surface area contributed by atoms with Crippen LogP contribution in [0.3, 0.4) is 0 Å². The van der Waals surface area contributed by atoms with Crippen LogP contribution in [-0.2, 0) is 12.8 Å². The summed E-state index contributed by atoms with van der Waals surface area (Å²) in [6.07, 6.45) is 3.83. The lowest BCUT2D eigenvalue weighted by Crippen LogP contribution is -2.51. The predicted molar refractivity (Wildman–Crippen MR) is 131 cm³/mol. The Balaban J connectivity index is 0.000000507. The van der Waals surface area contributed by atoms with Crippen molar-refractivity contribution in [3.63, 3.8) is 0 Å². The SMILES string of the molecule is C.C.C.CC1[n+]2c3c(cc4ccccc42)CCc2cc4ccccc4[n+]1c2-3.CCC. The van der Waals surface area contributed by atoms with Crippen LogP contribution in [0.25, 0.3) is 33.2 Å². The maximum absolute atomic E-state index is 2.55. The first kappa shape index (κ1) is 23.5. The Hall–Kier alpha value is -2.74. The standard InChI is InChI=1S/C22H18N2.C3H8.3CH4/c1-14-23-19-8-4-2-6-15(19)12-17-10-11-18-13-16-7-3-5-9-20(16)24(14)22(18)21(17)23;1-3-2;;;/h2-9,12-14H,10-11H2,1H3;3H2,1-2H3;3*1H4/q+2;;;;. The molecule has 158 valence electrons. The summed E-state index contributed by atoms with van der Waals surface area (Å²) in [6, 6.07) is 22.4. The summed E-state index contributed by atoms with van der Waals surface area (Å²) in [7, 11) is 0. The molecule has 2 aromatic carbocycles. The molecule has 4 aromatic rings. The number of nitrogens with zero attached hydrogens (tertiary/aromatic N) is 2. The van der Waals surface area contributed by atoms with Gasteiger partial charge in [0.1, 0.15) is 0 Å². The zero-order valence-electron chi connectivity index (χ0n) is 16.4. The highest BCUT2D eigenvalue weighted by molar-refractivity contribution is 5.83. The summed E-state index contributed by atoms with van der Waals surface area (Å²) in [6.45, 7) is 6.58. The lowest BCUT2D eigenvalue weighted by atomic mass is 9.91. The maximum Gasteiger partial charge on any atom is 0.351 e.